The number of benzene rings is 2. The van der Waals surface area contributed by atoms with E-state index in [0.29, 0.717) is 24.1 Å². The molecule has 1 N–H and O–H groups in total. The molecule has 2 aromatic rings. The fourth-order valence-corrected chi connectivity index (χ4v) is 4.32. The SMILES string of the molecule is CCCCCCCCCCCCCCCC(=O)NCCc1ccc(C(=O)c2ccccc2)cc1. The molecule has 0 aromatic heterocycles. The third-order valence-corrected chi connectivity index (χ3v) is 6.50. The van der Waals surface area contributed by atoms with Gasteiger partial charge in [-0.2, -0.15) is 0 Å². The summed E-state index contributed by atoms with van der Waals surface area (Å²) in [6.45, 7) is 2.91. The summed E-state index contributed by atoms with van der Waals surface area (Å²) >= 11 is 0. The zero-order chi connectivity index (χ0) is 24.3. The lowest BCUT2D eigenvalue weighted by Crippen LogP contribution is -2.25. The van der Waals surface area contributed by atoms with Crippen LogP contribution in [0.4, 0.5) is 0 Å². The van der Waals surface area contributed by atoms with Gasteiger partial charge in [0, 0.05) is 24.1 Å². The first-order valence-electron chi connectivity index (χ1n) is 13.7. The van der Waals surface area contributed by atoms with E-state index in [1.807, 2.05) is 54.6 Å². The van der Waals surface area contributed by atoms with Crippen molar-refractivity contribution in [3.05, 3.63) is 71.3 Å². The fourth-order valence-electron chi connectivity index (χ4n) is 4.32. The standard InChI is InChI=1S/C31H45NO2/c1-2-3-4-5-6-7-8-9-10-11-12-13-17-20-30(33)32-26-25-27-21-23-29(24-22-27)31(34)28-18-15-14-16-19-28/h14-16,18-19,21-24H,2-13,17,20,25-26H2,1H3,(H,32,33). The van der Waals surface area contributed by atoms with Gasteiger partial charge in [-0.05, 0) is 18.4 Å². The minimum absolute atomic E-state index is 0.0401. The molecule has 2 rings (SSSR count). The summed E-state index contributed by atoms with van der Waals surface area (Å²) in [6, 6.07) is 17.0. The lowest BCUT2D eigenvalue weighted by molar-refractivity contribution is -0.121. The van der Waals surface area contributed by atoms with Crippen molar-refractivity contribution in [2.24, 2.45) is 0 Å². The van der Waals surface area contributed by atoms with Crippen molar-refractivity contribution in [3.8, 4) is 0 Å². The minimum atomic E-state index is 0.0401. The van der Waals surface area contributed by atoms with Crippen LogP contribution in [0.1, 0.15) is 118 Å². The van der Waals surface area contributed by atoms with Crippen molar-refractivity contribution in [3.63, 3.8) is 0 Å². The Hall–Kier alpha value is -2.42. The van der Waals surface area contributed by atoms with Crippen LogP contribution in [0.2, 0.25) is 0 Å². The number of carbonyl (C=O) groups excluding carboxylic acids is 2. The molecule has 0 heterocycles. The third kappa shape index (κ3) is 12.2. The van der Waals surface area contributed by atoms with Gasteiger partial charge in [0.1, 0.15) is 0 Å². The molecule has 3 nitrogen and oxygen atoms in total. The molecule has 1 amide bonds. The molecule has 34 heavy (non-hydrogen) atoms. The predicted molar refractivity (Wildman–Crippen MR) is 143 cm³/mol. The fraction of sp³-hybridized carbons (Fsp3) is 0.548. The Morgan fingerprint density at radius 3 is 1.68 bits per heavy atom. The van der Waals surface area contributed by atoms with Gasteiger partial charge in [-0.15, -0.1) is 0 Å². The van der Waals surface area contributed by atoms with E-state index in [1.165, 1.54) is 70.6 Å². The Labute approximate surface area is 207 Å². The third-order valence-electron chi connectivity index (χ3n) is 6.50. The van der Waals surface area contributed by atoms with Gasteiger partial charge in [-0.25, -0.2) is 0 Å². The van der Waals surface area contributed by atoms with Crippen molar-refractivity contribution in [2.75, 3.05) is 6.54 Å². The number of ketones is 1. The maximum absolute atomic E-state index is 12.5. The van der Waals surface area contributed by atoms with Crippen molar-refractivity contribution in [2.45, 2.75) is 103 Å². The van der Waals surface area contributed by atoms with Crippen LogP contribution >= 0.6 is 0 Å². The molecule has 0 atom stereocenters. The van der Waals surface area contributed by atoms with Crippen LogP contribution < -0.4 is 5.32 Å². The number of carbonyl (C=O) groups is 2. The highest BCUT2D eigenvalue weighted by Crippen LogP contribution is 2.13. The summed E-state index contributed by atoms with van der Waals surface area (Å²) in [4.78, 5) is 24.5. The van der Waals surface area contributed by atoms with Gasteiger partial charge in [-0.3, -0.25) is 9.59 Å². The van der Waals surface area contributed by atoms with E-state index in [-0.39, 0.29) is 11.7 Å². The molecule has 186 valence electrons. The molecule has 0 bridgehead atoms. The zero-order valence-corrected chi connectivity index (χ0v) is 21.3. The molecule has 0 unspecified atom stereocenters. The van der Waals surface area contributed by atoms with Crippen LogP contribution in [-0.4, -0.2) is 18.2 Å². The van der Waals surface area contributed by atoms with E-state index in [1.54, 1.807) is 0 Å². The lowest BCUT2D eigenvalue weighted by Gasteiger charge is -2.07. The quantitative estimate of drug-likeness (QED) is 0.169. The highest BCUT2D eigenvalue weighted by atomic mass is 16.1. The van der Waals surface area contributed by atoms with Gasteiger partial charge in [0.15, 0.2) is 5.78 Å². The molecule has 0 aliphatic rings. The molecule has 0 saturated carbocycles. The van der Waals surface area contributed by atoms with Crippen LogP contribution in [0.3, 0.4) is 0 Å². The second kappa shape index (κ2) is 18.0. The van der Waals surface area contributed by atoms with Gasteiger partial charge in [-0.1, -0.05) is 139 Å². The van der Waals surface area contributed by atoms with Crippen LogP contribution in [-0.2, 0) is 11.2 Å². The van der Waals surface area contributed by atoms with E-state index < -0.39 is 0 Å². The molecular weight excluding hydrogens is 418 g/mol. The summed E-state index contributed by atoms with van der Waals surface area (Å²) in [5.41, 5.74) is 2.53. The van der Waals surface area contributed by atoms with Crippen molar-refractivity contribution >= 4 is 11.7 Å². The summed E-state index contributed by atoms with van der Waals surface area (Å²) in [7, 11) is 0. The van der Waals surface area contributed by atoms with Crippen molar-refractivity contribution in [1.29, 1.82) is 0 Å². The second-order valence-electron chi connectivity index (χ2n) is 9.48. The van der Waals surface area contributed by atoms with Gasteiger partial charge >= 0.3 is 0 Å². The number of amides is 1. The second-order valence-corrected chi connectivity index (χ2v) is 9.48. The first-order chi connectivity index (χ1) is 16.7. The van der Waals surface area contributed by atoms with E-state index >= 15 is 0 Å². The minimum Gasteiger partial charge on any atom is -0.356 e. The largest absolute Gasteiger partial charge is 0.356 e. The topological polar surface area (TPSA) is 46.2 Å². The summed E-state index contributed by atoms with van der Waals surface area (Å²) in [5, 5.41) is 3.03. The highest BCUT2D eigenvalue weighted by Gasteiger charge is 2.08. The van der Waals surface area contributed by atoms with Crippen molar-refractivity contribution < 1.29 is 9.59 Å². The van der Waals surface area contributed by atoms with E-state index in [4.69, 9.17) is 0 Å². The van der Waals surface area contributed by atoms with Gasteiger partial charge in [0.25, 0.3) is 0 Å². The molecule has 2 aromatic carbocycles. The van der Waals surface area contributed by atoms with Crippen LogP contribution in [0.25, 0.3) is 0 Å². The first-order valence-corrected chi connectivity index (χ1v) is 13.7. The number of unbranched alkanes of at least 4 members (excludes halogenated alkanes) is 12. The predicted octanol–water partition coefficient (Wildman–Crippen LogP) is 8.06. The zero-order valence-electron chi connectivity index (χ0n) is 21.3. The number of nitrogens with one attached hydrogen (secondary N) is 1. The molecule has 0 saturated heterocycles. The summed E-state index contributed by atoms with van der Waals surface area (Å²) in [5.74, 6) is 0.192. The van der Waals surface area contributed by atoms with Gasteiger partial charge in [0.2, 0.25) is 5.91 Å². The average molecular weight is 464 g/mol. The molecule has 0 fully saturated rings. The van der Waals surface area contributed by atoms with Crippen LogP contribution in [0.15, 0.2) is 54.6 Å². The van der Waals surface area contributed by atoms with Crippen LogP contribution in [0.5, 0.6) is 0 Å². The van der Waals surface area contributed by atoms with Crippen molar-refractivity contribution in [1.82, 2.24) is 5.32 Å². The molecular formula is C31H45NO2. The molecule has 0 spiro atoms. The first kappa shape index (κ1) is 27.8. The molecule has 3 heteroatoms. The Balaban J connectivity index is 1.45. The Kier molecular flexibility index (Phi) is 14.7. The Bertz CT molecular complexity index is 798. The van der Waals surface area contributed by atoms with Gasteiger partial charge < -0.3 is 5.32 Å². The van der Waals surface area contributed by atoms with E-state index in [0.717, 1.165) is 24.8 Å². The number of rotatable bonds is 19. The smallest absolute Gasteiger partial charge is 0.220 e. The highest BCUT2D eigenvalue weighted by molar-refractivity contribution is 6.08. The Morgan fingerprint density at radius 2 is 1.12 bits per heavy atom. The Morgan fingerprint density at radius 1 is 0.618 bits per heavy atom. The van der Waals surface area contributed by atoms with Gasteiger partial charge in [0.05, 0.1) is 0 Å². The molecule has 0 aliphatic heterocycles. The summed E-state index contributed by atoms with van der Waals surface area (Å²) < 4.78 is 0. The number of hydrogen-bond donors (Lipinski definition) is 1. The van der Waals surface area contributed by atoms with E-state index in [9.17, 15) is 9.59 Å². The normalized spacial score (nSPS) is 10.9. The lowest BCUT2D eigenvalue weighted by atomic mass is 10.0. The maximum Gasteiger partial charge on any atom is 0.220 e. The monoisotopic (exact) mass is 463 g/mol. The average Bonchev–Trinajstić information content (AvgIpc) is 2.87. The maximum atomic E-state index is 12.5. The molecule has 0 radical (unpaired) electrons. The van der Waals surface area contributed by atoms with E-state index in [2.05, 4.69) is 12.2 Å². The summed E-state index contributed by atoms with van der Waals surface area (Å²) in [6.07, 6.45) is 18.6. The molecule has 0 aliphatic carbocycles. The number of hydrogen-bond acceptors (Lipinski definition) is 2. The van der Waals surface area contributed by atoms with Crippen LogP contribution in [0, 0.1) is 0 Å².